The lowest BCUT2D eigenvalue weighted by Gasteiger charge is -2.23. The van der Waals surface area contributed by atoms with Gasteiger partial charge in [-0.2, -0.15) is 0 Å². The second-order valence-electron chi connectivity index (χ2n) is 4.02. The van der Waals surface area contributed by atoms with Crippen LogP contribution in [0.4, 0.5) is 5.82 Å². The van der Waals surface area contributed by atoms with Crippen molar-refractivity contribution >= 4 is 17.6 Å². The topological polar surface area (TPSA) is 49.8 Å². The zero-order valence-electron chi connectivity index (χ0n) is 9.57. The summed E-state index contributed by atoms with van der Waals surface area (Å²) in [5, 5.41) is 7.63. The van der Waals surface area contributed by atoms with Crippen molar-refractivity contribution in [2.75, 3.05) is 31.2 Å². The van der Waals surface area contributed by atoms with Gasteiger partial charge in [-0.3, -0.25) is 0 Å². The van der Waals surface area contributed by atoms with E-state index >= 15 is 0 Å². The molecule has 16 heavy (non-hydrogen) atoms. The van der Waals surface area contributed by atoms with Gasteiger partial charge in [-0.1, -0.05) is 11.8 Å². The standard InChI is InChI=1S/C11H18N4S/c1-16-11-13-6-4-10(15-11)14-8-9-3-2-5-12-7-9/h4,6,9,12H,2-3,5,7-8H2,1H3,(H,13,14,15). The van der Waals surface area contributed by atoms with Gasteiger partial charge in [-0.05, 0) is 44.2 Å². The Morgan fingerprint density at radius 1 is 1.62 bits per heavy atom. The Hall–Kier alpha value is -0.810. The maximum atomic E-state index is 4.40. The van der Waals surface area contributed by atoms with Crippen LogP contribution >= 0.6 is 11.8 Å². The molecule has 1 aromatic heterocycles. The first-order valence-corrected chi connectivity index (χ1v) is 6.92. The van der Waals surface area contributed by atoms with Crippen molar-refractivity contribution in [2.45, 2.75) is 18.0 Å². The van der Waals surface area contributed by atoms with Gasteiger partial charge < -0.3 is 10.6 Å². The van der Waals surface area contributed by atoms with Crippen LogP contribution in [0.15, 0.2) is 17.4 Å². The summed E-state index contributed by atoms with van der Waals surface area (Å²) in [4.78, 5) is 8.55. The van der Waals surface area contributed by atoms with Crippen LogP contribution in [0.2, 0.25) is 0 Å². The Morgan fingerprint density at radius 3 is 3.31 bits per heavy atom. The van der Waals surface area contributed by atoms with Crippen molar-refractivity contribution < 1.29 is 0 Å². The van der Waals surface area contributed by atoms with Crippen LogP contribution in [0.3, 0.4) is 0 Å². The van der Waals surface area contributed by atoms with E-state index < -0.39 is 0 Å². The molecule has 0 amide bonds. The van der Waals surface area contributed by atoms with E-state index in [0.29, 0.717) is 0 Å². The van der Waals surface area contributed by atoms with Gasteiger partial charge in [0.1, 0.15) is 5.82 Å². The van der Waals surface area contributed by atoms with Crippen LogP contribution < -0.4 is 10.6 Å². The van der Waals surface area contributed by atoms with Crippen LogP contribution in [0, 0.1) is 5.92 Å². The van der Waals surface area contributed by atoms with Crippen molar-refractivity contribution in [3.63, 3.8) is 0 Å². The van der Waals surface area contributed by atoms with Gasteiger partial charge in [-0.15, -0.1) is 0 Å². The Bertz CT molecular complexity index is 326. The molecule has 1 fully saturated rings. The molecule has 4 nitrogen and oxygen atoms in total. The van der Waals surface area contributed by atoms with Crippen LogP contribution in [-0.4, -0.2) is 35.9 Å². The zero-order chi connectivity index (χ0) is 11.2. The van der Waals surface area contributed by atoms with Gasteiger partial charge in [0.15, 0.2) is 5.16 Å². The molecular formula is C11H18N4S. The van der Waals surface area contributed by atoms with E-state index in [-0.39, 0.29) is 0 Å². The second kappa shape index (κ2) is 6.06. The molecule has 0 aliphatic carbocycles. The maximum absolute atomic E-state index is 4.40. The van der Waals surface area contributed by atoms with E-state index in [1.807, 2.05) is 12.3 Å². The fourth-order valence-corrected chi connectivity index (χ4v) is 2.24. The highest BCUT2D eigenvalue weighted by Crippen LogP contribution is 2.13. The Labute approximate surface area is 101 Å². The van der Waals surface area contributed by atoms with E-state index in [0.717, 1.165) is 30.0 Å². The van der Waals surface area contributed by atoms with Crippen molar-refractivity contribution in [1.82, 2.24) is 15.3 Å². The summed E-state index contributed by atoms with van der Waals surface area (Å²) < 4.78 is 0. The third kappa shape index (κ3) is 3.35. The zero-order valence-corrected chi connectivity index (χ0v) is 10.4. The highest BCUT2D eigenvalue weighted by atomic mass is 32.2. The first kappa shape index (κ1) is 11.7. The SMILES string of the molecule is CSc1nccc(NCC2CCCNC2)n1. The first-order valence-electron chi connectivity index (χ1n) is 5.70. The number of thioether (sulfide) groups is 1. The largest absolute Gasteiger partial charge is 0.370 e. The van der Waals surface area contributed by atoms with Crippen LogP contribution in [0.5, 0.6) is 0 Å². The highest BCUT2D eigenvalue weighted by Gasteiger charge is 2.12. The number of nitrogens with zero attached hydrogens (tertiary/aromatic N) is 2. The van der Waals surface area contributed by atoms with E-state index in [1.165, 1.54) is 19.4 Å². The van der Waals surface area contributed by atoms with Crippen molar-refractivity contribution in [1.29, 1.82) is 0 Å². The second-order valence-corrected chi connectivity index (χ2v) is 4.80. The summed E-state index contributed by atoms with van der Waals surface area (Å²) in [5.41, 5.74) is 0. The molecular weight excluding hydrogens is 220 g/mol. The van der Waals surface area contributed by atoms with E-state index in [4.69, 9.17) is 0 Å². The van der Waals surface area contributed by atoms with Gasteiger partial charge >= 0.3 is 0 Å². The molecule has 0 spiro atoms. The Kier molecular flexibility index (Phi) is 4.42. The number of rotatable bonds is 4. The van der Waals surface area contributed by atoms with Gasteiger partial charge in [-0.25, -0.2) is 9.97 Å². The fraction of sp³-hybridized carbons (Fsp3) is 0.636. The summed E-state index contributed by atoms with van der Waals surface area (Å²) in [6, 6.07) is 1.93. The van der Waals surface area contributed by atoms with E-state index in [9.17, 15) is 0 Å². The molecule has 1 aliphatic rings. The minimum atomic E-state index is 0.724. The number of hydrogen-bond donors (Lipinski definition) is 2. The smallest absolute Gasteiger partial charge is 0.189 e. The molecule has 1 aliphatic heterocycles. The molecule has 1 unspecified atom stereocenters. The predicted octanol–water partition coefficient (Wildman–Crippen LogP) is 1.61. The minimum absolute atomic E-state index is 0.724. The van der Waals surface area contributed by atoms with Crippen molar-refractivity contribution in [3.05, 3.63) is 12.3 Å². The lowest BCUT2D eigenvalue weighted by Crippen LogP contribution is -2.33. The van der Waals surface area contributed by atoms with Crippen molar-refractivity contribution in [3.8, 4) is 0 Å². The highest BCUT2D eigenvalue weighted by molar-refractivity contribution is 7.98. The first-order chi connectivity index (χ1) is 7.88. The summed E-state index contributed by atoms with van der Waals surface area (Å²) in [6.07, 6.45) is 6.39. The minimum Gasteiger partial charge on any atom is -0.370 e. The van der Waals surface area contributed by atoms with Crippen molar-refractivity contribution in [2.24, 2.45) is 5.92 Å². The number of hydrogen-bond acceptors (Lipinski definition) is 5. The number of piperidine rings is 1. The third-order valence-electron chi connectivity index (χ3n) is 2.79. The van der Waals surface area contributed by atoms with Crippen LogP contribution in [-0.2, 0) is 0 Å². The molecule has 5 heteroatoms. The van der Waals surface area contributed by atoms with Gasteiger partial charge in [0.25, 0.3) is 0 Å². The normalized spacial score (nSPS) is 20.7. The lowest BCUT2D eigenvalue weighted by atomic mass is 10.00. The summed E-state index contributed by atoms with van der Waals surface area (Å²) in [6.45, 7) is 3.28. The number of anilines is 1. The fourth-order valence-electron chi connectivity index (χ4n) is 1.88. The number of nitrogens with one attached hydrogen (secondary N) is 2. The maximum Gasteiger partial charge on any atom is 0.189 e. The summed E-state index contributed by atoms with van der Waals surface area (Å²) in [5.74, 6) is 1.66. The molecule has 0 saturated carbocycles. The van der Waals surface area contributed by atoms with Gasteiger partial charge in [0, 0.05) is 12.7 Å². The predicted molar refractivity (Wildman–Crippen MR) is 67.9 cm³/mol. The molecule has 2 N–H and O–H groups in total. The number of aromatic nitrogens is 2. The molecule has 1 atom stereocenters. The van der Waals surface area contributed by atoms with E-state index in [1.54, 1.807) is 18.0 Å². The van der Waals surface area contributed by atoms with Crippen LogP contribution in [0.25, 0.3) is 0 Å². The summed E-state index contributed by atoms with van der Waals surface area (Å²) in [7, 11) is 0. The molecule has 1 saturated heterocycles. The van der Waals surface area contributed by atoms with Gasteiger partial charge in [0.2, 0.25) is 0 Å². The molecule has 0 aromatic carbocycles. The van der Waals surface area contributed by atoms with Crippen LogP contribution in [0.1, 0.15) is 12.8 Å². The molecule has 2 rings (SSSR count). The third-order valence-corrected chi connectivity index (χ3v) is 3.35. The average molecular weight is 238 g/mol. The molecule has 88 valence electrons. The summed E-state index contributed by atoms with van der Waals surface area (Å²) >= 11 is 1.57. The molecule has 1 aromatic rings. The monoisotopic (exact) mass is 238 g/mol. The molecule has 2 heterocycles. The van der Waals surface area contributed by atoms with E-state index in [2.05, 4.69) is 20.6 Å². The Morgan fingerprint density at radius 2 is 2.56 bits per heavy atom. The Balaban J connectivity index is 1.83. The lowest BCUT2D eigenvalue weighted by molar-refractivity contribution is 0.392. The van der Waals surface area contributed by atoms with Gasteiger partial charge in [0.05, 0.1) is 0 Å². The molecule has 0 radical (unpaired) electrons. The average Bonchev–Trinajstić information content (AvgIpc) is 2.38. The molecule has 0 bridgehead atoms. The quantitative estimate of drug-likeness (QED) is 0.616.